The van der Waals surface area contributed by atoms with Gasteiger partial charge in [0.15, 0.2) is 11.6 Å². The number of carboxylic acids is 1. The highest BCUT2D eigenvalue weighted by Gasteiger charge is 2.28. The van der Waals surface area contributed by atoms with Gasteiger partial charge in [-0.25, -0.2) is 26.3 Å². The molecule has 0 unspecified atom stereocenters. The Labute approximate surface area is 121 Å². The minimum Gasteiger partial charge on any atom is -0.478 e. The van der Waals surface area contributed by atoms with Crippen LogP contribution in [0.2, 0.25) is 0 Å². The van der Waals surface area contributed by atoms with E-state index in [4.69, 9.17) is 9.84 Å². The lowest BCUT2D eigenvalue weighted by Crippen LogP contribution is -2.29. The molecule has 1 rings (SSSR count). The van der Waals surface area contributed by atoms with Gasteiger partial charge in [-0.05, 0) is 18.6 Å². The van der Waals surface area contributed by atoms with Crippen molar-refractivity contribution < 1.29 is 31.8 Å². The van der Waals surface area contributed by atoms with E-state index < -0.39 is 38.1 Å². The molecule has 0 aromatic heterocycles. The zero-order valence-corrected chi connectivity index (χ0v) is 12.3. The van der Waals surface area contributed by atoms with Crippen molar-refractivity contribution in [3.05, 3.63) is 29.3 Å². The first-order valence-electron chi connectivity index (χ1n) is 5.89. The minimum atomic E-state index is -4.33. The molecule has 0 radical (unpaired) electrons. The number of rotatable bonds is 7. The van der Waals surface area contributed by atoms with Gasteiger partial charge < -0.3 is 9.84 Å². The first kappa shape index (κ1) is 17.5. The van der Waals surface area contributed by atoms with Gasteiger partial charge in [0.1, 0.15) is 4.90 Å². The largest absolute Gasteiger partial charge is 0.478 e. The van der Waals surface area contributed by atoms with Gasteiger partial charge in [0.2, 0.25) is 10.0 Å². The molecule has 0 fully saturated rings. The second-order valence-corrected chi connectivity index (χ2v) is 6.26. The molecule has 0 saturated heterocycles. The van der Waals surface area contributed by atoms with Crippen molar-refractivity contribution in [2.75, 3.05) is 27.3 Å². The van der Waals surface area contributed by atoms with E-state index in [9.17, 15) is 22.0 Å². The molecule has 1 N–H and O–H groups in total. The van der Waals surface area contributed by atoms with Crippen LogP contribution in [0.5, 0.6) is 0 Å². The normalized spacial score (nSPS) is 11.9. The van der Waals surface area contributed by atoms with Crippen LogP contribution in [0.4, 0.5) is 8.78 Å². The van der Waals surface area contributed by atoms with Crippen molar-refractivity contribution in [3.63, 3.8) is 0 Å². The molecule has 0 spiro atoms. The maximum Gasteiger partial charge on any atom is 0.335 e. The van der Waals surface area contributed by atoms with Crippen molar-refractivity contribution in [2.24, 2.45) is 0 Å². The van der Waals surface area contributed by atoms with Crippen molar-refractivity contribution >= 4 is 16.0 Å². The smallest absolute Gasteiger partial charge is 0.335 e. The van der Waals surface area contributed by atoms with Crippen LogP contribution in [0, 0.1) is 11.6 Å². The molecule has 0 aliphatic carbocycles. The van der Waals surface area contributed by atoms with E-state index in [0.29, 0.717) is 25.2 Å². The quantitative estimate of drug-likeness (QED) is 0.765. The SMILES string of the molecule is COCCCN(C)S(=O)(=O)c1cc(C(=O)O)cc(F)c1F. The first-order valence-corrected chi connectivity index (χ1v) is 7.33. The summed E-state index contributed by atoms with van der Waals surface area (Å²) in [6, 6.07) is 1.03. The topological polar surface area (TPSA) is 83.9 Å². The fourth-order valence-electron chi connectivity index (χ4n) is 1.59. The summed E-state index contributed by atoms with van der Waals surface area (Å²) in [5, 5.41) is 8.79. The number of carbonyl (C=O) groups is 1. The van der Waals surface area contributed by atoms with Gasteiger partial charge in [0.05, 0.1) is 5.56 Å². The van der Waals surface area contributed by atoms with Gasteiger partial charge in [-0.2, -0.15) is 0 Å². The van der Waals surface area contributed by atoms with Gasteiger partial charge in [-0.1, -0.05) is 0 Å². The predicted octanol–water partition coefficient (Wildman–Crippen LogP) is 1.32. The van der Waals surface area contributed by atoms with E-state index in [1.54, 1.807) is 0 Å². The summed E-state index contributed by atoms with van der Waals surface area (Å²) < 4.78 is 57.0. The summed E-state index contributed by atoms with van der Waals surface area (Å²) in [5.41, 5.74) is -0.641. The van der Waals surface area contributed by atoms with E-state index >= 15 is 0 Å². The molecular weight excluding hydrogens is 308 g/mol. The number of benzene rings is 1. The molecule has 0 saturated carbocycles. The van der Waals surface area contributed by atoms with Crippen LogP contribution < -0.4 is 0 Å². The number of aromatic carboxylic acids is 1. The third-order valence-corrected chi connectivity index (χ3v) is 4.61. The van der Waals surface area contributed by atoms with Gasteiger partial charge in [0.25, 0.3) is 0 Å². The monoisotopic (exact) mass is 323 g/mol. The number of methoxy groups -OCH3 is 1. The fourth-order valence-corrected chi connectivity index (χ4v) is 2.90. The number of halogens is 2. The van der Waals surface area contributed by atoms with Crippen LogP contribution in [0.15, 0.2) is 17.0 Å². The summed E-state index contributed by atoms with van der Waals surface area (Å²) in [6.07, 6.45) is 0.356. The molecular formula is C12H15F2NO5S. The number of ether oxygens (including phenoxy) is 1. The Morgan fingerprint density at radius 1 is 1.38 bits per heavy atom. The second-order valence-electron chi connectivity index (χ2n) is 4.25. The maximum atomic E-state index is 13.7. The van der Waals surface area contributed by atoms with Crippen LogP contribution >= 0.6 is 0 Å². The lowest BCUT2D eigenvalue weighted by atomic mass is 10.2. The maximum absolute atomic E-state index is 13.7. The van der Waals surface area contributed by atoms with Crippen molar-refractivity contribution in [1.82, 2.24) is 4.31 Å². The minimum absolute atomic E-state index is 0.0224. The Kier molecular flexibility index (Phi) is 5.76. The Balaban J connectivity index is 3.21. The number of nitrogens with zero attached hydrogens (tertiary/aromatic N) is 1. The number of carboxylic acid groups (broad SMARTS) is 1. The molecule has 1 aromatic rings. The van der Waals surface area contributed by atoms with E-state index in [-0.39, 0.29) is 6.54 Å². The third kappa shape index (κ3) is 3.96. The first-order chi connectivity index (χ1) is 9.71. The molecule has 0 aliphatic heterocycles. The zero-order valence-electron chi connectivity index (χ0n) is 11.5. The fraction of sp³-hybridized carbons (Fsp3) is 0.417. The molecule has 6 nitrogen and oxygen atoms in total. The van der Waals surface area contributed by atoms with Crippen molar-refractivity contribution in [1.29, 1.82) is 0 Å². The third-order valence-electron chi connectivity index (χ3n) is 2.75. The molecule has 21 heavy (non-hydrogen) atoms. The average Bonchev–Trinajstić information content (AvgIpc) is 2.41. The van der Waals surface area contributed by atoms with Gasteiger partial charge in [0, 0.05) is 27.3 Å². The van der Waals surface area contributed by atoms with Gasteiger partial charge in [-0.3, -0.25) is 0 Å². The lowest BCUT2D eigenvalue weighted by molar-refractivity contribution is 0.0696. The summed E-state index contributed by atoms with van der Waals surface area (Å²) in [6.45, 7) is 0.320. The molecule has 0 amide bonds. The van der Waals surface area contributed by atoms with E-state index in [2.05, 4.69) is 0 Å². The summed E-state index contributed by atoms with van der Waals surface area (Å²) in [4.78, 5) is 9.81. The predicted molar refractivity (Wildman–Crippen MR) is 69.6 cm³/mol. The lowest BCUT2D eigenvalue weighted by Gasteiger charge is -2.17. The van der Waals surface area contributed by atoms with E-state index in [0.717, 1.165) is 4.31 Å². The highest BCUT2D eigenvalue weighted by Crippen LogP contribution is 2.23. The molecule has 0 aliphatic rings. The average molecular weight is 323 g/mol. The standard InChI is InChI=1S/C12H15F2NO5S/c1-15(4-3-5-20-2)21(18,19)10-7-8(12(16)17)6-9(13)11(10)14/h6-7H,3-5H2,1-2H3,(H,16,17). The summed E-state index contributed by atoms with van der Waals surface area (Å²) in [7, 11) is -1.69. The van der Waals surface area contributed by atoms with Crippen molar-refractivity contribution in [3.8, 4) is 0 Å². The Morgan fingerprint density at radius 2 is 2.00 bits per heavy atom. The van der Waals surface area contributed by atoms with Crippen LogP contribution in [0.3, 0.4) is 0 Å². The zero-order chi connectivity index (χ0) is 16.2. The Bertz CT molecular complexity index is 633. The van der Waals surface area contributed by atoms with Crippen LogP contribution in [-0.4, -0.2) is 51.1 Å². The van der Waals surface area contributed by atoms with Crippen LogP contribution in [0.25, 0.3) is 0 Å². The second kappa shape index (κ2) is 6.92. The highest BCUT2D eigenvalue weighted by molar-refractivity contribution is 7.89. The van der Waals surface area contributed by atoms with Gasteiger partial charge in [-0.15, -0.1) is 0 Å². The van der Waals surface area contributed by atoms with E-state index in [1.165, 1.54) is 14.2 Å². The van der Waals surface area contributed by atoms with Crippen molar-refractivity contribution in [2.45, 2.75) is 11.3 Å². The molecule has 118 valence electrons. The number of sulfonamides is 1. The van der Waals surface area contributed by atoms with Crippen LogP contribution in [-0.2, 0) is 14.8 Å². The van der Waals surface area contributed by atoms with E-state index in [1.807, 2.05) is 0 Å². The van der Waals surface area contributed by atoms with Crippen LogP contribution in [0.1, 0.15) is 16.8 Å². The summed E-state index contributed by atoms with van der Waals surface area (Å²) >= 11 is 0. The molecule has 1 aromatic carbocycles. The number of hydrogen-bond donors (Lipinski definition) is 1. The summed E-state index contributed by atoms with van der Waals surface area (Å²) in [5.74, 6) is -4.68. The number of hydrogen-bond acceptors (Lipinski definition) is 4. The molecule has 0 heterocycles. The Morgan fingerprint density at radius 3 is 2.52 bits per heavy atom. The highest BCUT2D eigenvalue weighted by atomic mass is 32.2. The van der Waals surface area contributed by atoms with Gasteiger partial charge >= 0.3 is 5.97 Å². The molecule has 0 atom stereocenters. The molecule has 0 bridgehead atoms. The molecule has 9 heteroatoms. The Hall–Kier alpha value is -1.58.